The van der Waals surface area contributed by atoms with Gasteiger partial charge in [0.25, 0.3) is 0 Å². The topological polar surface area (TPSA) is 29.1 Å². The van der Waals surface area contributed by atoms with Crippen LogP contribution < -0.4 is 5.32 Å². The van der Waals surface area contributed by atoms with Gasteiger partial charge in [-0.2, -0.15) is 0 Å². The Morgan fingerprint density at radius 1 is 1.20 bits per heavy atom. The fourth-order valence-electron chi connectivity index (χ4n) is 3.47. The monoisotopic (exact) mass is 353 g/mol. The average Bonchev–Trinajstić information content (AvgIpc) is 3.33. The second kappa shape index (κ2) is 6.26. The van der Waals surface area contributed by atoms with Gasteiger partial charge in [-0.3, -0.25) is 4.79 Å². The average molecular weight is 353 g/mol. The highest BCUT2D eigenvalue weighted by atomic mass is 32.1. The van der Waals surface area contributed by atoms with Gasteiger partial charge in [-0.1, -0.05) is 30.3 Å². The molecule has 1 heterocycles. The third-order valence-corrected chi connectivity index (χ3v) is 6.06. The summed E-state index contributed by atoms with van der Waals surface area (Å²) in [7, 11) is 0. The van der Waals surface area contributed by atoms with Crippen molar-refractivity contribution in [2.75, 3.05) is 0 Å². The minimum Gasteiger partial charge on any atom is -0.353 e. The molecule has 4 rings (SSSR count). The summed E-state index contributed by atoms with van der Waals surface area (Å²) >= 11 is 1.74. The molecule has 1 atom stereocenters. The summed E-state index contributed by atoms with van der Waals surface area (Å²) < 4.78 is 14.4. The number of carbonyl (C=O) groups excluding carboxylic acids is 1. The quantitative estimate of drug-likeness (QED) is 0.700. The van der Waals surface area contributed by atoms with Crippen molar-refractivity contribution in [1.29, 1.82) is 0 Å². The van der Waals surface area contributed by atoms with E-state index in [1.54, 1.807) is 23.5 Å². The Labute approximate surface area is 150 Å². The number of fused-ring (bicyclic) bond motifs is 1. The molecule has 1 amide bonds. The Bertz CT molecular complexity index is 911. The van der Waals surface area contributed by atoms with E-state index in [9.17, 15) is 9.18 Å². The van der Waals surface area contributed by atoms with Gasteiger partial charge in [-0.25, -0.2) is 4.39 Å². The zero-order valence-corrected chi connectivity index (χ0v) is 14.9. The van der Waals surface area contributed by atoms with Crippen molar-refractivity contribution in [2.24, 2.45) is 0 Å². The van der Waals surface area contributed by atoms with E-state index in [4.69, 9.17) is 0 Å². The summed E-state index contributed by atoms with van der Waals surface area (Å²) in [4.78, 5) is 12.8. The van der Waals surface area contributed by atoms with Crippen LogP contribution in [0.15, 0.2) is 53.9 Å². The molecule has 25 heavy (non-hydrogen) atoms. The zero-order valence-electron chi connectivity index (χ0n) is 14.1. The summed E-state index contributed by atoms with van der Waals surface area (Å²) in [6.07, 6.45) is 2.48. The van der Waals surface area contributed by atoms with Crippen molar-refractivity contribution in [3.8, 4) is 0 Å². The fourth-order valence-corrected chi connectivity index (χ4v) is 4.45. The number of hydrogen-bond acceptors (Lipinski definition) is 2. The lowest BCUT2D eigenvalue weighted by molar-refractivity contribution is -0.124. The molecule has 128 valence electrons. The van der Waals surface area contributed by atoms with Crippen LogP contribution in [-0.4, -0.2) is 11.9 Å². The summed E-state index contributed by atoms with van der Waals surface area (Å²) in [6.45, 7) is 2.05. The Morgan fingerprint density at radius 3 is 2.64 bits per heavy atom. The summed E-state index contributed by atoms with van der Waals surface area (Å²) in [5.41, 5.74) is 1.73. The van der Waals surface area contributed by atoms with Crippen LogP contribution in [0.3, 0.4) is 0 Å². The van der Waals surface area contributed by atoms with E-state index in [0.29, 0.717) is 0 Å². The molecule has 1 aromatic heterocycles. The van der Waals surface area contributed by atoms with E-state index in [2.05, 4.69) is 28.9 Å². The number of nitrogens with one attached hydrogen (secondary N) is 1. The van der Waals surface area contributed by atoms with Gasteiger partial charge in [-0.05, 0) is 66.3 Å². The van der Waals surface area contributed by atoms with E-state index in [-0.39, 0.29) is 17.8 Å². The smallest absolute Gasteiger partial charge is 0.230 e. The standard InChI is InChI=1S/C21H20FNOS/c1-14(12-15-13-25-19-5-3-2-4-18(15)19)23-20(24)21(10-11-21)16-6-8-17(22)9-7-16/h2-9,13-14H,10-12H2,1H3,(H,23,24)/t14-/m1/s1. The molecule has 1 aliphatic rings. The molecule has 3 aromatic rings. The first-order chi connectivity index (χ1) is 12.1. The molecular weight excluding hydrogens is 333 g/mol. The van der Waals surface area contributed by atoms with Crippen LogP contribution in [0, 0.1) is 5.82 Å². The normalized spacial score (nSPS) is 16.6. The number of carbonyl (C=O) groups is 1. The van der Waals surface area contributed by atoms with E-state index in [1.165, 1.54) is 27.8 Å². The van der Waals surface area contributed by atoms with E-state index in [1.807, 2.05) is 13.0 Å². The summed E-state index contributed by atoms with van der Waals surface area (Å²) in [6, 6.07) is 14.8. The zero-order chi connectivity index (χ0) is 17.4. The molecule has 1 aliphatic carbocycles. The number of amides is 1. The molecular formula is C21H20FNOS. The summed E-state index contributed by atoms with van der Waals surface area (Å²) in [5, 5.41) is 6.62. The Balaban J connectivity index is 1.46. The molecule has 0 bridgehead atoms. The highest BCUT2D eigenvalue weighted by Crippen LogP contribution is 2.48. The highest BCUT2D eigenvalue weighted by molar-refractivity contribution is 7.17. The molecule has 0 unspecified atom stereocenters. The lowest BCUT2D eigenvalue weighted by Crippen LogP contribution is -2.41. The van der Waals surface area contributed by atoms with Crippen LogP contribution in [0.2, 0.25) is 0 Å². The number of rotatable bonds is 5. The molecule has 0 saturated heterocycles. The maximum Gasteiger partial charge on any atom is 0.230 e. The second-order valence-electron chi connectivity index (χ2n) is 6.92. The van der Waals surface area contributed by atoms with Crippen LogP contribution in [0.1, 0.15) is 30.9 Å². The molecule has 1 saturated carbocycles. The lowest BCUT2D eigenvalue weighted by atomic mass is 9.94. The number of benzene rings is 2. The number of thiophene rings is 1. The van der Waals surface area contributed by atoms with Crippen molar-refractivity contribution < 1.29 is 9.18 Å². The van der Waals surface area contributed by atoms with Gasteiger partial charge in [0.05, 0.1) is 5.41 Å². The third-order valence-electron chi connectivity index (χ3n) is 5.05. The fraction of sp³-hybridized carbons (Fsp3) is 0.286. The molecule has 0 spiro atoms. The number of hydrogen-bond donors (Lipinski definition) is 1. The Hall–Kier alpha value is -2.20. The van der Waals surface area contributed by atoms with Gasteiger partial charge in [-0.15, -0.1) is 11.3 Å². The van der Waals surface area contributed by atoms with Crippen molar-refractivity contribution >= 4 is 27.3 Å². The van der Waals surface area contributed by atoms with Gasteiger partial charge >= 0.3 is 0 Å². The molecule has 0 radical (unpaired) electrons. The lowest BCUT2D eigenvalue weighted by Gasteiger charge is -2.20. The minimum absolute atomic E-state index is 0.0587. The maximum absolute atomic E-state index is 13.1. The second-order valence-corrected chi connectivity index (χ2v) is 7.84. The van der Waals surface area contributed by atoms with Crippen molar-refractivity contribution in [1.82, 2.24) is 5.32 Å². The van der Waals surface area contributed by atoms with Gasteiger partial charge in [0.2, 0.25) is 5.91 Å². The first-order valence-electron chi connectivity index (χ1n) is 8.61. The van der Waals surface area contributed by atoms with Crippen molar-refractivity contribution in [3.05, 3.63) is 70.9 Å². The van der Waals surface area contributed by atoms with E-state index in [0.717, 1.165) is 24.8 Å². The maximum atomic E-state index is 13.1. The van der Waals surface area contributed by atoms with Crippen molar-refractivity contribution in [3.63, 3.8) is 0 Å². The van der Waals surface area contributed by atoms with Crippen LogP contribution in [0.5, 0.6) is 0 Å². The first kappa shape index (κ1) is 16.3. The molecule has 2 nitrogen and oxygen atoms in total. The predicted octanol–water partition coefficient (Wildman–Crippen LogP) is 4.82. The van der Waals surface area contributed by atoms with Gasteiger partial charge < -0.3 is 5.32 Å². The molecule has 0 aliphatic heterocycles. The largest absolute Gasteiger partial charge is 0.353 e. The van der Waals surface area contributed by atoms with Crippen molar-refractivity contribution in [2.45, 2.75) is 37.6 Å². The van der Waals surface area contributed by atoms with E-state index < -0.39 is 5.41 Å². The summed E-state index contributed by atoms with van der Waals surface area (Å²) in [5.74, 6) is -0.205. The molecule has 4 heteroatoms. The molecule has 2 aromatic carbocycles. The SMILES string of the molecule is C[C@H](Cc1csc2ccccc12)NC(=O)C1(c2ccc(F)cc2)CC1. The van der Waals surface area contributed by atoms with Crippen LogP contribution in [-0.2, 0) is 16.6 Å². The molecule has 1 fully saturated rings. The predicted molar refractivity (Wildman–Crippen MR) is 100 cm³/mol. The number of halogens is 1. The van der Waals surface area contributed by atoms with Gasteiger partial charge in [0.1, 0.15) is 5.82 Å². The van der Waals surface area contributed by atoms with Gasteiger partial charge in [0.15, 0.2) is 0 Å². The Morgan fingerprint density at radius 2 is 1.92 bits per heavy atom. The third kappa shape index (κ3) is 3.07. The molecule has 1 N–H and O–H groups in total. The minimum atomic E-state index is -0.460. The van der Waals surface area contributed by atoms with Crippen LogP contribution in [0.4, 0.5) is 4.39 Å². The van der Waals surface area contributed by atoms with Gasteiger partial charge in [0, 0.05) is 10.7 Å². The van der Waals surface area contributed by atoms with Crippen LogP contribution >= 0.6 is 11.3 Å². The van der Waals surface area contributed by atoms with Crippen LogP contribution in [0.25, 0.3) is 10.1 Å². The van der Waals surface area contributed by atoms with E-state index >= 15 is 0 Å². The first-order valence-corrected chi connectivity index (χ1v) is 9.48. The Kier molecular flexibility index (Phi) is 4.08. The highest BCUT2D eigenvalue weighted by Gasteiger charge is 2.51.